The normalized spacial score (nSPS) is 12.8. The topological polar surface area (TPSA) is 87.0 Å². The number of ether oxygens (including phenoxy) is 1. The highest BCUT2D eigenvalue weighted by Crippen LogP contribution is 2.22. The van der Waals surface area contributed by atoms with Crippen LogP contribution in [-0.2, 0) is 9.53 Å². The highest BCUT2D eigenvalue weighted by Gasteiger charge is 2.30. The molecule has 0 aromatic carbocycles. The van der Waals surface area contributed by atoms with E-state index in [0.717, 1.165) is 12.8 Å². The molecule has 1 unspecified atom stereocenters. The Morgan fingerprint density at radius 1 is 0.733 bits per heavy atom. The van der Waals surface area contributed by atoms with Crippen LogP contribution in [0.1, 0.15) is 117 Å². The van der Waals surface area contributed by atoms with E-state index in [4.69, 9.17) is 4.74 Å². The summed E-state index contributed by atoms with van der Waals surface area (Å²) in [5.74, 6) is -0.929. The average Bonchev–Trinajstić information content (AvgIpc) is 2.77. The molecule has 0 aromatic heterocycles. The van der Waals surface area contributed by atoms with Crippen molar-refractivity contribution in [1.29, 1.82) is 0 Å². The van der Waals surface area contributed by atoms with E-state index < -0.39 is 17.3 Å². The highest BCUT2D eigenvalue weighted by atomic mass is 16.5. The number of unbranched alkanes of at least 4 members (excludes halogenated alkanes) is 13. The third-order valence-corrected chi connectivity index (χ3v) is 6.40. The minimum atomic E-state index is -0.787. The molecule has 30 heavy (non-hydrogen) atoms. The van der Waals surface area contributed by atoms with E-state index in [1.807, 2.05) is 6.92 Å². The van der Waals surface area contributed by atoms with Crippen LogP contribution in [0.2, 0.25) is 0 Å². The standard InChI is InChI=1S/C25H50O5/c1-3-5-6-7-8-9-10-11-12-13-14-15-16-17-18-23(19-26)24(29)30-22-25(4-2,20-27)21-28/h23,26-28H,3-22H2,1-2H3. The van der Waals surface area contributed by atoms with Crippen LogP contribution in [-0.4, -0.2) is 47.7 Å². The van der Waals surface area contributed by atoms with Crippen molar-refractivity contribution in [2.24, 2.45) is 11.3 Å². The molecule has 0 aliphatic heterocycles. The fraction of sp³-hybridized carbons (Fsp3) is 0.960. The second kappa shape index (κ2) is 20.3. The van der Waals surface area contributed by atoms with E-state index in [-0.39, 0.29) is 26.4 Å². The lowest BCUT2D eigenvalue weighted by Gasteiger charge is -2.28. The molecular formula is C25H50O5. The van der Waals surface area contributed by atoms with Gasteiger partial charge in [-0.05, 0) is 12.8 Å². The maximum absolute atomic E-state index is 12.2. The summed E-state index contributed by atoms with van der Waals surface area (Å²) >= 11 is 0. The van der Waals surface area contributed by atoms with E-state index in [2.05, 4.69) is 6.92 Å². The van der Waals surface area contributed by atoms with Crippen molar-refractivity contribution in [2.45, 2.75) is 117 Å². The number of carbonyl (C=O) groups excluding carboxylic acids is 1. The van der Waals surface area contributed by atoms with Gasteiger partial charge in [0.25, 0.3) is 0 Å². The molecule has 5 nitrogen and oxygen atoms in total. The first kappa shape index (κ1) is 29.4. The van der Waals surface area contributed by atoms with E-state index in [9.17, 15) is 20.1 Å². The SMILES string of the molecule is CCCCCCCCCCCCCCCCC(CO)C(=O)OCC(CC)(CO)CO. The molecule has 180 valence electrons. The van der Waals surface area contributed by atoms with Crippen LogP contribution in [0.5, 0.6) is 0 Å². The average molecular weight is 431 g/mol. The summed E-state index contributed by atoms with van der Waals surface area (Å²) in [6.45, 7) is 3.43. The molecule has 0 saturated heterocycles. The van der Waals surface area contributed by atoms with Crippen molar-refractivity contribution in [3.05, 3.63) is 0 Å². The molecule has 0 aliphatic carbocycles. The maximum Gasteiger partial charge on any atom is 0.311 e. The van der Waals surface area contributed by atoms with Crippen molar-refractivity contribution in [1.82, 2.24) is 0 Å². The maximum atomic E-state index is 12.2. The molecular weight excluding hydrogens is 380 g/mol. The van der Waals surface area contributed by atoms with Crippen LogP contribution < -0.4 is 0 Å². The Hall–Kier alpha value is -0.650. The first-order valence-electron chi connectivity index (χ1n) is 12.6. The van der Waals surface area contributed by atoms with Gasteiger partial charge in [-0.3, -0.25) is 4.79 Å². The molecule has 0 rings (SSSR count). The van der Waals surface area contributed by atoms with Crippen molar-refractivity contribution < 1.29 is 24.9 Å². The van der Waals surface area contributed by atoms with Crippen LogP contribution in [0.15, 0.2) is 0 Å². The fourth-order valence-corrected chi connectivity index (χ4v) is 3.68. The number of rotatable bonds is 22. The zero-order valence-electron chi connectivity index (χ0n) is 19.9. The Labute approximate surface area is 185 Å². The number of esters is 1. The number of carbonyl (C=O) groups is 1. The Bertz CT molecular complexity index is 373. The van der Waals surface area contributed by atoms with Crippen molar-refractivity contribution in [3.63, 3.8) is 0 Å². The van der Waals surface area contributed by atoms with Gasteiger partial charge < -0.3 is 20.1 Å². The number of aliphatic hydroxyl groups is 3. The molecule has 0 amide bonds. The summed E-state index contributed by atoms with van der Waals surface area (Å²) in [7, 11) is 0. The lowest BCUT2D eigenvalue weighted by molar-refractivity contribution is -0.156. The Morgan fingerprint density at radius 2 is 1.17 bits per heavy atom. The van der Waals surface area contributed by atoms with Gasteiger partial charge in [-0.25, -0.2) is 0 Å². The predicted octanol–water partition coefficient (Wildman–Crippen LogP) is 5.39. The monoisotopic (exact) mass is 430 g/mol. The van der Waals surface area contributed by atoms with Crippen molar-refractivity contribution in [3.8, 4) is 0 Å². The molecule has 0 radical (unpaired) electrons. The van der Waals surface area contributed by atoms with Gasteiger partial charge in [0.1, 0.15) is 6.61 Å². The molecule has 1 atom stereocenters. The lowest BCUT2D eigenvalue weighted by atomic mass is 9.88. The van der Waals surface area contributed by atoms with E-state index >= 15 is 0 Å². The largest absolute Gasteiger partial charge is 0.465 e. The molecule has 0 spiro atoms. The number of hydrogen-bond acceptors (Lipinski definition) is 5. The Kier molecular flexibility index (Phi) is 19.8. The summed E-state index contributed by atoms with van der Waals surface area (Å²) in [5, 5.41) is 28.4. The number of hydrogen-bond donors (Lipinski definition) is 3. The summed E-state index contributed by atoms with van der Waals surface area (Å²) in [6.07, 6.45) is 19.2. The van der Waals surface area contributed by atoms with Crippen molar-refractivity contribution in [2.75, 3.05) is 26.4 Å². The minimum Gasteiger partial charge on any atom is -0.465 e. The number of aliphatic hydroxyl groups excluding tert-OH is 3. The quantitative estimate of drug-likeness (QED) is 0.158. The third-order valence-electron chi connectivity index (χ3n) is 6.40. The van der Waals surface area contributed by atoms with Crippen LogP contribution in [0, 0.1) is 11.3 Å². The second-order valence-electron chi connectivity index (χ2n) is 9.04. The van der Waals surface area contributed by atoms with Crippen LogP contribution in [0.25, 0.3) is 0 Å². The van der Waals surface area contributed by atoms with Gasteiger partial charge in [0.15, 0.2) is 0 Å². The van der Waals surface area contributed by atoms with Gasteiger partial charge >= 0.3 is 5.97 Å². The Morgan fingerprint density at radius 3 is 1.53 bits per heavy atom. The first-order chi connectivity index (χ1) is 14.6. The summed E-state index contributed by atoms with van der Waals surface area (Å²) in [5.41, 5.74) is -0.787. The zero-order valence-corrected chi connectivity index (χ0v) is 19.9. The molecule has 3 N–H and O–H groups in total. The molecule has 0 bridgehead atoms. The molecule has 0 saturated carbocycles. The lowest BCUT2D eigenvalue weighted by Crippen LogP contribution is -2.36. The first-order valence-corrected chi connectivity index (χ1v) is 12.6. The van der Waals surface area contributed by atoms with Gasteiger partial charge in [0.2, 0.25) is 0 Å². The second-order valence-corrected chi connectivity index (χ2v) is 9.04. The van der Waals surface area contributed by atoms with Crippen LogP contribution >= 0.6 is 0 Å². The summed E-state index contributed by atoms with van der Waals surface area (Å²) in [6, 6.07) is 0. The van der Waals surface area contributed by atoms with E-state index in [1.165, 1.54) is 77.0 Å². The van der Waals surface area contributed by atoms with Gasteiger partial charge in [-0.15, -0.1) is 0 Å². The van der Waals surface area contributed by atoms with Crippen LogP contribution in [0.4, 0.5) is 0 Å². The smallest absolute Gasteiger partial charge is 0.311 e. The summed E-state index contributed by atoms with van der Waals surface area (Å²) < 4.78 is 5.28. The predicted molar refractivity (Wildman–Crippen MR) is 123 cm³/mol. The van der Waals surface area contributed by atoms with E-state index in [0.29, 0.717) is 12.8 Å². The zero-order chi connectivity index (χ0) is 22.5. The molecule has 0 heterocycles. The van der Waals surface area contributed by atoms with Gasteiger partial charge in [-0.1, -0.05) is 104 Å². The molecule has 0 aliphatic rings. The molecule has 0 aromatic rings. The highest BCUT2D eigenvalue weighted by molar-refractivity contribution is 5.72. The minimum absolute atomic E-state index is 0.00935. The van der Waals surface area contributed by atoms with Crippen molar-refractivity contribution >= 4 is 5.97 Å². The van der Waals surface area contributed by atoms with Gasteiger partial charge in [-0.2, -0.15) is 0 Å². The Balaban J connectivity index is 3.67. The van der Waals surface area contributed by atoms with Gasteiger partial charge in [0.05, 0.1) is 31.2 Å². The fourth-order valence-electron chi connectivity index (χ4n) is 3.68. The van der Waals surface area contributed by atoms with E-state index in [1.54, 1.807) is 0 Å². The van der Waals surface area contributed by atoms with Crippen LogP contribution in [0.3, 0.4) is 0 Å². The summed E-state index contributed by atoms with van der Waals surface area (Å²) in [4.78, 5) is 12.2. The molecule has 0 fully saturated rings. The third kappa shape index (κ3) is 14.4. The van der Waals surface area contributed by atoms with Gasteiger partial charge in [0, 0.05) is 0 Å². The molecule has 5 heteroatoms.